The van der Waals surface area contributed by atoms with Crippen molar-refractivity contribution < 1.29 is 23.8 Å². The van der Waals surface area contributed by atoms with Crippen molar-refractivity contribution in [1.29, 1.82) is 5.26 Å². The second-order valence-electron chi connectivity index (χ2n) is 5.92. The first kappa shape index (κ1) is 19.1. The lowest BCUT2D eigenvalue weighted by Gasteiger charge is -2.32. The number of rotatable bonds is 4. The summed E-state index contributed by atoms with van der Waals surface area (Å²) in [5.41, 5.74) is 3.04. The number of para-hydroxylation sites is 1. The average molecular weight is 378 g/mol. The Hall–Kier alpha value is -3.63. The van der Waals surface area contributed by atoms with Gasteiger partial charge in [-0.2, -0.15) is 5.26 Å². The maximum atomic E-state index is 12.5. The van der Waals surface area contributed by atoms with Crippen LogP contribution in [0, 0.1) is 11.3 Å². The van der Waals surface area contributed by atoms with Gasteiger partial charge in [-0.3, -0.25) is 0 Å². The van der Waals surface area contributed by atoms with Gasteiger partial charge in [-0.25, -0.2) is 9.59 Å². The molecule has 7 heteroatoms. The fraction of sp³-hybridized carbons (Fsp3) is 0.190. The lowest BCUT2D eigenvalue weighted by molar-refractivity contribution is -0.140. The predicted octanol–water partition coefficient (Wildman–Crippen LogP) is 2.62. The summed E-state index contributed by atoms with van der Waals surface area (Å²) >= 11 is 0. The van der Waals surface area contributed by atoms with Gasteiger partial charge in [0.15, 0.2) is 0 Å². The van der Waals surface area contributed by atoms with Gasteiger partial charge in [-0.1, -0.05) is 30.3 Å². The second-order valence-corrected chi connectivity index (χ2v) is 5.92. The van der Waals surface area contributed by atoms with Crippen LogP contribution in [0.25, 0.3) is 11.1 Å². The molecule has 3 rings (SSSR count). The molecule has 0 saturated heterocycles. The van der Waals surface area contributed by atoms with Crippen LogP contribution in [0.4, 0.5) is 5.69 Å². The molecule has 0 spiro atoms. The first-order chi connectivity index (χ1) is 13.6. The number of nitriles is 1. The van der Waals surface area contributed by atoms with Crippen molar-refractivity contribution in [3.05, 3.63) is 65.4 Å². The molecular weight excluding hydrogens is 360 g/mol. The maximum absolute atomic E-state index is 12.5. The number of esters is 2. The van der Waals surface area contributed by atoms with Crippen molar-refractivity contribution in [3.63, 3.8) is 0 Å². The number of hydrogen-bond acceptors (Lipinski definition) is 7. The van der Waals surface area contributed by atoms with E-state index in [4.69, 9.17) is 19.5 Å². The normalized spacial score (nSPS) is 13.7. The van der Waals surface area contributed by atoms with Crippen LogP contribution < -0.4 is 4.90 Å². The van der Waals surface area contributed by atoms with E-state index in [-0.39, 0.29) is 24.6 Å². The van der Waals surface area contributed by atoms with E-state index in [2.05, 4.69) is 6.07 Å². The molecule has 1 aliphatic rings. The molecule has 0 radical (unpaired) electrons. The molecule has 1 aliphatic heterocycles. The summed E-state index contributed by atoms with van der Waals surface area (Å²) in [7, 11) is 2.50. The van der Waals surface area contributed by atoms with Gasteiger partial charge in [0, 0.05) is 5.56 Å². The van der Waals surface area contributed by atoms with Gasteiger partial charge in [-0.15, -0.1) is 0 Å². The Morgan fingerprint density at radius 1 is 1.04 bits per heavy atom. The molecule has 0 bridgehead atoms. The third-order valence-corrected chi connectivity index (χ3v) is 4.35. The largest absolute Gasteiger partial charge is 0.466 e. The number of methoxy groups -OCH3 is 2. The average Bonchev–Trinajstić information content (AvgIpc) is 2.77. The zero-order chi connectivity index (χ0) is 20.1. The number of carbonyl (C=O) groups is 2. The van der Waals surface area contributed by atoms with Crippen LogP contribution in [0.3, 0.4) is 0 Å². The van der Waals surface area contributed by atoms with Gasteiger partial charge < -0.3 is 19.1 Å². The van der Waals surface area contributed by atoms with E-state index in [0.717, 1.165) is 11.1 Å². The molecule has 2 aromatic carbocycles. The lowest BCUT2D eigenvalue weighted by Crippen LogP contribution is -2.39. The molecule has 0 unspecified atom stereocenters. The Balaban J connectivity index is 2.15. The van der Waals surface area contributed by atoms with Crippen molar-refractivity contribution in [2.75, 3.05) is 32.5 Å². The Kier molecular flexibility index (Phi) is 5.72. The number of hydrogen-bond donors (Lipinski definition) is 0. The maximum Gasteiger partial charge on any atom is 0.355 e. The van der Waals surface area contributed by atoms with Crippen LogP contribution in [-0.2, 0) is 23.8 Å². The van der Waals surface area contributed by atoms with Gasteiger partial charge in [0.2, 0.25) is 0 Å². The Morgan fingerprint density at radius 3 is 2.36 bits per heavy atom. The number of carbonyl (C=O) groups excluding carboxylic acids is 2. The minimum Gasteiger partial charge on any atom is -0.466 e. The van der Waals surface area contributed by atoms with Crippen LogP contribution in [0.2, 0.25) is 0 Å². The standard InChI is InChI=1S/C21H18N2O5/c1-26-20(24)17-12-28-13-23(19(17)21(25)27-2)18-6-4-3-5-16(18)15-9-7-14(11-22)8-10-15/h3-10H,12-13H2,1-2H3. The molecular formula is C21H18N2O5. The van der Waals surface area contributed by atoms with Gasteiger partial charge in [0.05, 0.1) is 43.7 Å². The Bertz CT molecular complexity index is 973. The highest BCUT2D eigenvalue weighted by atomic mass is 16.5. The van der Waals surface area contributed by atoms with Crippen LogP contribution >= 0.6 is 0 Å². The fourth-order valence-electron chi connectivity index (χ4n) is 3.01. The lowest BCUT2D eigenvalue weighted by atomic mass is 10.0. The monoisotopic (exact) mass is 378 g/mol. The predicted molar refractivity (Wildman–Crippen MR) is 101 cm³/mol. The Labute approximate surface area is 162 Å². The summed E-state index contributed by atoms with van der Waals surface area (Å²) in [6.45, 7) is 0.0187. The first-order valence-corrected chi connectivity index (χ1v) is 8.45. The van der Waals surface area contributed by atoms with E-state index in [1.807, 2.05) is 36.4 Å². The number of benzene rings is 2. The minimum atomic E-state index is -0.654. The zero-order valence-corrected chi connectivity index (χ0v) is 15.5. The number of ether oxygens (including phenoxy) is 3. The van der Waals surface area contributed by atoms with Gasteiger partial charge in [-0.05, 0) is 23.8 Å². The van der Waals surface area contributed by atoms with Crippen molar-refractivity contribution >= 4 is 17.6 Å². The third-order valence-electron chi connectivity index (χ3n) is 4.35. The van der Waals surface area contributed by atoms with E-state index in [1.165, 1.54) is 14.2 Å². The summed E-state index contributed by atoms with van der Waals surface area (Å²) in [5, 5.41) is 9.01. The molecule has 142 valence electrons. The van der Waals surface area contributed by atoms with E-state index in [1.54, 1.807) is 17.0 Å². The molecule has 0 amide bonds. The van der Waals surface area contributed by atoms with Crippen LogP contribution in [0.1, 0.15) is 5.56 Å². The molecule has 0 fully saturated rings. The number of anilines is 1. The first-order valence-electron chi connectivity index (χ1n) is 8.45. The highest BCUT2D eigenvalue weighted by Crippen LogP contribution is 2.35. The van der Waals surface area contributed by atoms with Crippen molar-refractivity contribution in [2.24, 2.45) is 0 Å². The molecule has 0 aliphatic carbocycles. The van der Waals surface area contributed by atoms with Gasteiger partial charge >= 0.3 is 11.9 Å². The molecule has 0 aromatic heterocycles. The number of nitrogens with zero attached hydrogens (tertiary/aromatic N) is 2. The molecule has 0 saturated carbocycles. The van der Waals surface area contributed by atoms with Crippen molar-refractivity contribution in [2.45, 2.75) is 0 Å². The summed E-state index contributed by atoms with van der Waals surface area (Å²) in [5.74, 6) is -1.31. The van der Waals surface area contributed by atoms with Crippen molar-refractivity contribution in [3.8, 4) is 17.2 Å². The summed E-state index contributed by atoms with van der Waals surface area (Å²) in [6, 6.07) is 16.6. The SMILES string of the molecule is COC(=O)C1=C(C(=O)OC)N(c2ccccc2-c2ccc(C#N)cc2)COC1. The van der Waals surface area contributed by atoms with E-state index in [0.29, 0.717) is 11.3 Å². The Morgan fingerprint density at radius 2 is 1.71 bits per heavy atom. The summed E-state index contributed by atoms with van der Waals surface area (Å²) in [4.78, 5) is 26.3. The van der Waals surface area contributed by atoms with E-state index < -0.39 is 11.9 Å². The molecule has 0 N–H and O–H groups in total. The molecule has 7 nitrogen and oxygen atoms in total. The van der Waals surface area contributed by atoms with E-state index >= 15 is 0 Å². The van der Waals surface area contributed by atoms with Crippen LogP contribution in [0.15, 0.2) is 59.8 Å². The van der Waals surface area contributed by atoms with Gasteiger partial charge in [0.1, 0.15) is 12.4 Å². The van der Waals surface area contributed by atoms with E-state index in [9.17, 15) is 9.59 Å². The molecule has 2 aromatic rings. The zero-order valence-electron chi connectivity index (χ0n) is 15.5. The summed E-state index contributed by atoms with van der Waals surface area (Å²) in [6.07, 6.45) is 0. The molecule has 28 heavy (non-hydrogen) atoms. The molecule has 0 atom stereocenters. The summed E-state index contributed by atoms with van der Waals surface area (Å²) < 4.78 is 15.2. The highest BCUT2D eigenvalue weighted by Gasteiger charge is 2.33. The third kappa shape index (κ3) is 3.59. The van der Waals surface area contributed by atoms with Crippen LogP contribution in [0.5, 0.6) is 0 Å². The second kappa shape index (κ2) is 8.37. The quantitative estimate of drug-likeness (QED) is 0.756. The van der Waals surface area contributed by atoms with Crippen molar-refractivity contribution in [1.82, 2.24) is 0 Å². The smallest absolute Gasteiger partial charge is 0.355 e. The fourth-order valence-corrected chi connectivity index (χ4v) is 3.01. The van der Waals surface area contributed by atoms with Gasteiger partial charge in [0.25, 0.3) is 0 Å². The highest BCUT2D eigenvalue weighted by molar-refractivity contribution is 6.04. The minimum absolute atomic E-state index is 0.0490. The molecule has 1 heterocycles. The topological polar surface area (TPSA) is 88.9 Å². The van der Waals surface area contributed by atoms with Crippen LogP contribution in [-0.4, -0.2) is 39.5 Å².